The van der Waals surface area contributed by atoms with E-state index in [-0.39, 0.29) is 12.6 Å². The van der Waals surface area contributed by atoms with Crippen molar-refractivity contribution in [1.29, 1.82) is 0 Å². The number of hydrogen-bond donors (Lipinski definition) is 5. The second-order valence-corrected chi connectivity index (χ2v) is 4.65. The molecule has 0 bridgehead atoms. The van der Waals surface area contributed by atoms with Crippen molar-refractivity contribution in [3.63, 3.8) is 0 Å². The molecule has 2 unspecified atom stereocenters. The third-order valence-corrected chi connectivity index (χ3v) is 2.53. The van der Waals surface area contributed by atoms with E-state index in [2.05, 4.69) is 20.8 Å². The lowest BCUT2D eigenvalue weighted by molar-refractivity contribution is -0.141. The molecule has 5 N–H and O–H groups in total. The Labute approximate surface area is 110 Å². The molecule has 0 radical (unpaired) electrons. The van der Waals surface area contributed by atoms with Crippen molar-refractivity contribution in [3.05, 3.63) is 18.0 Å². The molecular weight excluding hydrogens is 252 g/mol. The topological polar surface area (TPSA) is 127 Å². The number of aliphatic carboxylic acids is 1. The zero-order valence-electron chi connectivity index (χ0n) is 10.8. The van der Waals surface area contributed by atoms with Crippen LogP contribution in [0.15, 0.2) is 12.4 Å². The zero-order valence-corrected chi connectivity index (χ0v) is 10.8. The van der Waals surface area contributed by atoms with Gasteiger partial charge in [-0.2, -0.15) is 5.10 Å². The van der Waals surface area contributed by atoms with Gasteiger partial charge in [0.25, 0.3) is 0 Å². The van der Waals surface area contributed by atoms with Crippen LogP contribution in [0.5, 0.6) is 0 Å². The van der Waals surface area contributed by atoms with Crippen LogP contribution in [-0.4, -0.2) is 44.6 Å². The van der Waals surface area contributed by atoms with E-state index in [1.54, 1.807) is 19.3 Å². The number of hydrogen-bond acceptors (Lipinski definition) is 4. The SMILES string of the molecule is CC(NC(=O)NCC(C)(O)CC(=O)O)c1cn[nH]c1. The van der Waals surface area contributed by atoms with Crippen LogP contribution in [0, 0.1) is 0 Å². The van der Waals surface area contributed by atoms with Crippen LogP contribution in [0.1, 0.15) is 31.9 Å². The monoisotopic (exact) mass is 270 g/mol. The molecular formula is C11H18N4O4. The molecule has 1 rings (SSSR count). The molecule has 0 aliphatic heterocycles. The van der Waals surface area contributed by atoms with E-state index >= 15 is 0 Å². The first-order valence-corrected chi connectivity index (χ1v) is 5.77. The van der Waals surface area contributed by atoms with E-state index in [0.717, 1.165) is 5.56 Å². The number of carbonyl (C=O) groups excluding carboxylic acids is 1. The van der Waals surface area contributed by atoms with Crippen LogP contribution in [-0.2, 0) is 4.79 Å². The van der Waals surface area contributed by atoms with E-state index in [4.69, 9.17) is 5.11 Å². The second-order valence-electron chi connectivity index (χ2n) is 4.65. The van der Waals surface area contributed by atoms with Crippen LogP contribution in [0.4, 0.5) is 4.79 Å². The summed E-state index contributed by atoms with van der Waals surface area (Å²) >= 11 is 0. The molecule has 2 amide bonds. The van der Waals surface area contributed by atoms with E-state index in [1.165, 1.54) is 6.92 Å². The molecule has 0 aliphatic rings. The second kappa shape index (κ2) is 6.19. The van der Waals surface area contributed by atoms with Crippen LogP contribution < -0.4 is 10.6 Å². The fraction of sp³-hybridized carbons (Fsp3) is 0.545. The highest BCUT2D eigenvalue weighted by Gasteiger charge is 2.25. The van der Waals surface area contributed by atoms with Gasteiger partial charge in [0.2, 0.25) is 0 Å². The van der Waals surface area contributed by atoms with Crippen molar-refractivity contribution in [2.24, 2.45) is 0 Å². The average Bonchev–Trinajstić information content (AvgIpc) is 2.78. The minimum absolute atomic E-state index is 0.150. The van der Waals surface area contributed by atoms with Crippen molar-refractivity contribution in [1.82, 2.24) is 20.8 Å². The maximum Gasteiger partial charge on any atom is 0.315 e. The Kier molecular flexibility index (Phi) is 4.87. The number of urea groups is 1. The predicted octanol–water partition coefficient (Wildman–Crippen LogP) is -0.00440. The first-order chi connectivity index (χ1) is 8.80. The summed E-state index contributed by atoms with van der Waals surface area (Å²) in [5.41, 5.74) is -0.672. The quantitative estimate of drug-likeness (QED) is 0.497. The fourth-order valence-corrected chi connectivity index (χ4v) is 1.49. The molecule has 19 heavy (non-hydrogen) atoms. The molecule has 8 heteroatoms. The highest BCUT2D eigenvalue weighted by Crippen LogP contribution is 2.09. The summed E-state index contributed by atoms with van der Waals surface area (Å²) in [5, 5.41) is 29.8. The minimum Gasteiger partial charge on any atom is -0.481 e. The van der Waals surface area contributed by atoms with Crippen molar-refractivity contribution < 1.29 is 19.8 Å². The summed E-state index contributed by atoms with van der Waals surface area (Å²) in [4.78, 5) is 22.1. The van der Waals surface area contributed by atoms with Gasteiger partial charge in [-0.25, -0.2) is 4.79 Å². The van der Waals surface area contributed by atoms with Crippen molar-refractivity contribution in [3.8, 4) is 0 Å². The number of aromatic nitrogens is 2. The average molecular weight is 270 g/mol. The third kappa shape index (κ3) is 5.38. The molecule has 0 saturated carbocycles. The molecule has 0 spiro atoms. The molecule has 0 saturated heterocycles. The Morgan fingerprint density at radius 3 is 2.79 bits per heavy atom. The Morgan fingerprint density at radius 2 is 2.26 bits per heavy atom. The van der Waals surface area contributed by atoms with Gasteiger partial charge in [0.05, 0.1) is 24.3 Å². The smallest absolute Gasteiger partial charge is 0.315 e. The number of H-pyrrole nitrogens is 1. The first-order valence-electron chi connectivity index (χ1n) is 5.77. The molecule has 1 heterocycles. The van der Waals surface area contributed by atoms with Gasteiger partial charge < -0.3 is 20.8 Å². The number of carbonyl (C=O) groups is 2. The van der Waals surface area contributed by atoms with Gasteiger partial charge in [-0.05, 0) is 13.8 Å². The van der Waals surface area contributed by atoms with Gasteiger partial charge in [-0.3, -0.25) is 9.89 Å². The van der Waals surface area contributed by atoms with Crippen molar-refractivity contribution in [2.45, 2.75) is 31.9 Å². The summed E-state index contributed by atoms with van der Waals surface area (Å²) in [5.74, 6) is -1.13. The molecule has 1 aromatic rings. The van der Waals surface area contributed by atoms with Gasteiger partial charge >= 0.3 is 12.0 Å². The number of aliphatic hydroxyl groups is 1. The molecule has 1 aromatic heterocycles. The highest BCUT2D eigenvalue weighted by molar-refractivity contribution is 5.74. The van der Waals surface area contributed by atoms with Crippen LogP contribution in [0.2, 0.25) is 0 Å². The standard InChI is InChI=1S/C11H18N4O4/c1-7(8-4-13-14-5-8)15-10(18)12-6-11(2,19)3-9(16)17/h4-5,7,19H,3,6H2,1-2H3,(H,13,14)(H,16,17)(H2,12,15,18). The number of amides is 2. The normalized spacial score (nSPS) is 15.3. The lowest BCUT2D eigenvalue weighted by Gasteiger charge is -2.22. The maximum absolute atomic E-state index is 11.6. The third-order valence-electron chi connectivity index (χ3n) is 2.53. The Balaban J connectivity index is 2.37. The molecule has 106 valence electrons. The van der Waals surface area contributed by atoms with E-state index < -0.39 is 24.0 Å². The van der Waals surface area contributed by atoms with E-state index in [1.807, 2.05) is 0 Å². The van der Waals surface area contributed by atoms with Gasteiger partial charge in [-0.15, -0.1) is 0 Å². The number of carboxylic acid groups (broad SMARTS) is 1. The number of rotatable bonds is 6. The van der Waals surface area contributed by atoms with Gasteiger partial charge in [0.1, 0.15) is 0 Å². The van der Waals surface area contributed by atoms with Gasteiger partial charge in [0, 0.05) is 18.3 Å². The zero-order chi connectivity index (χ0) is 14.5. The molecule has 8 nitrogen and oxygen atoms in total. The maximum atomic E-state index is 11.6. The van der Waals surface area contributed by atoms with Gasteiger partial charge in [-0.1, -0.05) is 0 Å². The Hall–Kier alpha value is -2.09. The predicted molar refractivity (Wildman–Crippen MR) is 66.4 cm³/mol. The highest BCUT2D eigenvalue weighted by atomic mass is 16.4. The fourth-order valence-electron chi connectivity index (χ4n) is 1.49. The van der Waals surface area contributed by atoms with Gasteiger partial charge in [0.15, 0.2) is 0 Å². The van der Waals surface area contributed by atoms with Crippen molar-refractivity contribution >= 4 is 12.0 Å². The van der Waals surface area contributed by atoms with Crippen LogP contribution in [0.25, 0.3) is 0 Å². The lowest BCUT2D eigenvalue weighted by atomic mass is 10.0. The summed E-state index contributed by atoms with van der Waals surface area (Å²) in [6.07, 6.45) is 2.81. The summed E-state index contributed by atoms with van der Waals surface area (Å²) < 4.78 is 0. The summed E-state index contributed by atoms with van der Waals surface area (Å²) in [6, 6.07) is -0.734. The molecule has 2 atom stereocenters. The molecule has 0 aromatic carbocycles. The largest absolute Gasteiger partial charge is 0.481 e. The van der Waals surface area contributed by atoms with Crippen molar-refractivity contribution in [2.75, 3.05) is 6.54 Å². The number of nitrogens with one attached hydrogen (secondary N) is 3. The number of aromatic amines is 1. The minimum atomic E-state index is -1.48. The summed E-state index contributed by atoms with van der Waals surface area (Å²) in [6.45, 7) is 2.98. The lowest BCUT2D eigenvalue weighted by Crippen LogP contribution is -2.46. The molecule has 0 aliphatic carbocycles. The first kappa shape index (κ1) is 15.0. The number of carboxylic acids is 1. The Morgan fingerprint density at radius 1 is 1.58 bits per heavy atom. The molecule has 0 fully saturated rings. The summed E-state index contributed by atoms with van der Waals surface area (Å²) in [7, 11) is 0. The van der Waals surface area contributed by atoms with Crippen LogP contribution >= 0.6 is 0 Å². The van der Waals surface area contributed by atoms with E-state index in [9.17, 15) is 14.7 Å². The number of nitrogens with zero attached hydrogens (tertiary/aromatic N) is 1. The van der Waals surface area contributed by atoms with E-state index in [0.29, 0.717) is 0 Å². The Bertz CT molecular complexity index is 430. The van der Waals surface area contributed by atoms with Crippen LogP contribution in [0.3, 0.4) is 0 Å².